The van der Waals surface area contributed by atoms with Gasteiger partial charge in [-0.05, 0) is 31.9 Å². The van der Waals surface area contributed by atoms with Gasteiger partial charge in [0, 0.05) is 12.6 Å². The molecule has 1 fully saturated rings. The second-order valence-electron chi connectivity index (χ2n) is 5.12. The van der Waals surface area contributed by atoms with Crippen molar-refractivity contribution in [2.24, 2.45) is 0 Å². The predicted molar refractivity (Wildman–Crippen MR) is 70.6 cm³/mol. The SMILES string of the molecule is Cc1cc([C@H]2CCCN2C(=O)c2c(F)cccc2F)no1. The Morgan fingerprint density at radius 3 is 2.71 bits per heavy atom. The molecule has 1 aromatic carbocycles. The molecule has 0 aliphatic carbocycles. The quantitative estimate of drug-likeness (QED) is 0.853. The summed E-state index contributed by atoms with van der Waals surface area (Å²) in [6, 6.07) is 4.86. The van der Waals surface area contributed by atoms with Gasteiger partial charge < -0.3 is 9.42 Å². The highest BCUT2D eigenvalue weighted by atomic mass is 19.1. The molecular weight excluding hydrogens is 278 g/mol. The first-order chi connectivity index (χ1) is 10.1. The minimum Gasteiger partial charge on any atom is -0.361 e. The van der Waals surface area contributed by atoms with E-state index in [0.29, 0.717) is 24.4 Å². The normalized spacial score (nSPS) is 18.2. The fraction of sp³-hybridized carbons (Fsp3) is 0.333. The summed E-state index contributed by atoms with van der Waals surface area (Å²) in [7, 11) is 0. The molecule has 0 radical (unpaired) electrons. The van der Waals surface area contributed by atoms with Crippen molar-refractivity contribution in [2.45, 2.75) is 25.8 Å². The molecular formula is C15H14F2N2O2. The van der Waals surface area contributed by atoms with Gasteiger partial charge in [0.05, 0.1) is 6.04 Å². The standard InChI is InChI=1S/C15H14F2N2O2/c1-9-8-12(18-21-9)13-6-3-7-19(13)15(20)14-10(16)4-2-5-11(14)17/h2,4-5,8,13H,3,6-7H2,1H3/t13-/m1/s1. The van der Waals surface area contributed by atoms with E-state index in [-0.39, 0.29) is 6.04 Å². The van der Waals surface area contributed by atoms with Gasteiger partial charge in [-0.15, -0.1) is 0 Å². The van der Waals surface area contributed by atoms with Crippen LogP contribution in [0.25, 0.3) is 0 Å². The van der Waals surface area contributed by atoms with E-state index in [1.807, 2.05) is 0 Å². The Kier molecular flexibility index (Phi) is 3.45. The number of amides is 1. The summed E-state index contributed by atoms with van der Waals surface area (Å²) in [5.74, 6) is -1.70. The number of hydrogen-bond donors (Lipinski definition) is 0. The highest BCUT2D eigenvalue weighted by Gasteiger charge is 2.34. The molecule has 4 nitrogen and oxygen atoms in total. The lowest BCUT2D eigenvalue weighted by Gasteiger charge is -2.23. The van der Waals surface area contributed by atoms with Crippen LogP contribution in [0.2, 0.25) is 0 Å². The molecule has 0 spiro atoms. The zero-order valence-corrected chi connectivity index (χ0v) is 11.5. The summed E-state index contributed by atoms with van der Waals surface area (Å²) < 4.78 is 32.6. The van der Waals surface area contributed by atoms with Crippen LogP contribution in [0.1, 0.15) is 40.7 Å². The van der Waals surface area contributed by atoms with Gasteiger partial charge in [-0.25, -0.2) is 8.78 Å². The van der Waals surface area contributed by atoms with Crippen molar-refractivity contribution in [3.05, 3.63) is 52.9 Å². The van der Waals surface area contributed by atoms with Gasteiger partial charge in [-0.2, -0.15) is 0 Å². The second-order valence-corrected chi connectivity index (χ2v) is 5.12. The van der Waals surface area contributed by atoms with Crippen LogP contribution in [0.4, 0.5) is 8.78 Å². The number of carbonyl (C=O) groups excluding carboxylic acids is 1. The van der Waals surface area contributed by atoms with Gasteiger partial charge in [0.1, 0.15) is 28.7 Å². The highest BCUT2D eigenvalue weighted by molar-refractivity contribution is 5.95. The first kappa shape index (κ1) is 13.7. The van der Waals surface area contributed by atoms with E-state index in [1.54, 1.807) is 13.0 Å². The van der Waals surface area contributed by atoms with Crippen LogP contribution in [0.5, 0.6) is 0 Å². The Bertz CT molecular complexity index is 664. The van der Waals surface area contributed by atoms with Crippen LogP contribution in [-0.4, -0.2) is 22.5 Å². The number of hydrogen-bond acceptors (Lipinski definition) is 3. The topological polar surface area (TPSA) is 46.3 Å². The number of benzene rings is 1. The summed E-state index contributed by atoms with van der Waals surface area (Å²) in [4.78, 5) is 13.9. The molecule has 1 aromatic heterocycles. The molecule has 0 unspecified atom stereocenters. The summed E-state index contributed by atoms with van der Waals surface area (Å²) >= 11 is 0. The van der Waals surface area contributed by atoms with E-state index < -0.39 is 23.1 Å². The Morgan fingerprint density at radius 2 is 2.10 bits per heavy atom. The number of rotatable bonds is 2. The van der Waals surface area contributed by atoms with Crippen LogP contribution in [0.3, 0.4) is 0 Å². The van der Waals surface area contributed by atoms with E-state index in [4.69, 9.17) is 4.52 Å². The third-order valence-corrected chi connectivity index (χ3v) is 3.68. The maximum absolute atomic E-state index is 13.8. The molecule has 2 heterocycles. The lowest BCUT2D eigenvalue weighted by Crippen LogP contribution is -2.32. The van der Waals surface area contributed by atoms with Crippen LogP contribution < -0.4 is 0 Å². The first-order valence-electron chi connectivity index (χ1n) is 6.76. The Balaban J connectivity index is 1.93. The van der Waals surface area contributed by atoms with Crippen LogP contribution in [-0.2, 0) is 0 Å². The van der Waals surface area contributed by atoms with Gasteiger partial charge in [-0.3, -0.25) is 4.79 Å². The molecule has 1 amide bonds. The number of carbonyl (C=O) groups is 1. The Morgan fingerprint density at radius 1 is 1.38 bits per heavy atom. The van der Waals surface area contributed by atoms with Crippen molar-refractivity contribution in [1.29, 1.82) is 0 Å². The molecule has 1 saturated heterocycles. The third kappa shape index (κ3) is 2.41. The maximum atomic E-state index is 13.8. The average Bonchev–Trinajstić information content (AvgIpc) is 3.06. The molecule has 1 aliphatic heterocycles. The lowest BCUT2D eigenvalue weighted by molar-refractivity contribution is 0.0721. The van der Waals surface area contributed by atoms with Crippen molar-refractivity contribution < 1.29 is 18.1 Å². The van der Waals surface area contributed by atoms with Crippen LogP contribution in [0.15, 0.2) is 28.8 Å². The molecule has 0 N–H and O–H groups in total. The highest BCUT2D eigenvalue weighted by Crippen LogP contribution is 2.33. The number of aryl methyl sites for hydroxylation is 1. The van der Waals surface area contributed by atoms with Gasteiger partial charge in [0.15, 0.2) is 0 Å². The molecule has 0 saturated carbocycles. The lowest BCUT2D eigenvalue weighted by atomic mass is 10.1. The van der Waals surface area contributed by atoms with Gasteiger partial charge >= 0.3 is 0 Å². The summed E-state index contributed by atoms with van der Waals surface area (Å²) in [6.07, 6.45) is 1.46. The van der Waals surface area contributed by atoms with E-state index in [0.717, 1.165) is 18.6 Å². The second kappa shape index (κ2) is 5.27. The Labute approximate surface area is 120 Å². The fourth-order valence-corrected chi connectivity index (χ4v) is 2.71. The van der Waals surface area contributed by atoms with Gasteiger partial charge in [-0.1, -0.05) is 11.2 Å². The average molecular weight is 292 g/mol. The maximum Gasteiger partial charge on any atom is 0.260 e. The zero-order valence-electron chi connectivity index (χ0n) is 11.5. The number of aromatic nitrogens is 1. The smallest absolute Gasteiger partial charge is 0.260 e. The van der Waals surface area contributed by atoms with E-state index in [9.17, 15) is 13.6 Å². The largest absolute Gasteiger partial charge is 0.361 e. The number of halogens is 2. The summed E-state index contributed by atoms with van der Waals surface area (Å²) in [5.41, 5.74) is 0.111. The minimum absolute atomic E-state index is 0.297. The zero-order chi connectivity index (χ0) is 15.0. The van der Waals surface area contributed by atoms with E-state index in [2.05, 4.69) is 5.16 Å². The van der Waals surface area contributed by atoms with Gasteiger partial charge in [0.2, 0.25) is 0 Å². The number of nitrogens with zero attached hydrogens (tertiary/aromatic N) is 2. The fourth-order valence-electron chi connectivity index (χ4n) is 2.71. The molecule has 110 valence electrons. The van der Waals surface area contributed by atoms with E-state index >= 15 is 0 Å². The Hall–Kier alpha value is -2.24. The van der Waals surface area contributed by atoms with Crippen molar-refractivity contribution in [1.82, 2.24) is 10.1 Å². The van der Waals surface area contributed by atoms with Crippen molar-refractivity contribution in [3.63, 3.8) is 0 Å². The minimum atomic E-state index is -0.845. The summed E-state index contributed by atoms with van der Waals surface area (Å²) in [5, 5.41) is 3.91. The van der Waals surface area contributed by atoms with Crippen molar-refractivity contribution >= 4 is 5.91 Å². The molecule has 6 heteroatoms. The molecule has 0 bridgehead atoms. The first-order valence-corrected chi connectivity index (χ1v) is 6.76. The van der Waals surface area contributed by atoms with Crippen molar-refractivity contribution in [2.75, 3.05) is 6.54 Å². The van der Waals surface area contributed by atoms with Crippen LogP contribution >= 0.6 is 0 Å². The number of likely N-dealkylation sites (tertiary alicyclic amines) is 1. The molecule has 21 heavy (non-hydrogen) atoms. The molecule has 1 aliphatic rings. The summed E-state index contributed by atoms with van der Waals surface area (Å²) in [6.45, 7) is 2.21. The molecule has 2 aromatic rings. The van der Waals surface area contributed by atoms with Gasteiger partial charge in [0.25, 0.3) is 5.91 Å². The third-order valence-electron chi connectivity index (χ3n) is 3.68. The predicted octanol–water partition coefficient (Wildman–Crippen LogP) is 3.24. The van der Waals surface area contributed by atoms with Crippen LogP contribution in [0, 0.1) is 18.6 Å². The molecule has 3 rings (SSSR count). The molecule has 1 atom stereocenters. The van der Waals surface area contributed by atoms with E-state index in [1.165, 1.54) is 11.0 Å². The monoisotopic (exact) mass is 292 g/mol. The van der Waals surface area contributed by atoms with Crippen molar-refractivity contribution in [3.8, 4) is 0 Å².